The first-order chi connectivity index (χ1) is 12.6. The van der Waals surface area contributed by atoms with E-state index in [1.807, 2.05) is 18.2 Å². The van der Waals surface area contributed by atoms with E-state index in [0.717, 1.165) is 16.8 Å². The van der Waals surface area contributed by atoms with E-state index in [9.17, 15) is 9.59 Å². The minimum absolute atomic E-state index is 0.179. The van der Waals surface area contributed by atoms with Gasteiger partial charge in [0.25, 0.3) is 5.91 Å². The molecule has 3 N–H and O–H groups in total. The van der Waals surface area contributed by atoms with Gasteiger partial charge in [-0.05, 0) is 30.3 Å². The van der Waals surface area contributed by atoms with Crippen LogP contribution in [0.1, 0.15) is 10.4 Å². The van der Waals surface area contributed by atoms with Crippen LogP contribution in [0.5, 0.6) is 5.75 Å². The van der Waals surface area contributed by atoms with Gasteiger partial charge in [0.2, 0.25) is 5.91 Å². The summed E-state index contributed by atoms with van der Waals surface area (Å²) in [5.74, 6) is 0.558. The summed E-state index contributed by atoms with van der Waals surface area (Å²) in [5, 5.41) is 5.99. The van der Waals surface area contributed by atoms with Crippen LogP contribution >= 0.6 is 11.8 Å². The normalized spacial score (nSPS) is 10.5. The molecule has 0 atom stereocenters. The third-order valence-electron chi connectivity index (χ3n) is 3.64. The number of thioether (sulfide) groups is 1. The number of H-pyrrole nitrogens is 1. The molecule has 0 unspecified atom stereocenters. The molecule has 134 valence electrons. The first kappa shape index (κ1) is 17.8. The van der Waals surface area contributed by atoms with Gasteiger partial charge in [-0.3, -0.25) is 9.59 Å². The van der Waals surface area contributed by atoms with Crippen molar-refractivity contribution < 1.29 is 14.3 Å². The Kier molecular flexibility index (Phi) is 5.43. The fraction of sp³-hybridized carbons (Fsp3) is 0.167. The Bertz CT molecular complexity index is 955. The molecule has 0 bridgehead atoms. The Morgan fingerprint density at radius 2 is 2.08 bits per heavy atom. The topological polar surface area (TPSA) is 96.1 Å². The number of rotatable bonds is 6. The Labute approximate surface area is 154 Å². The third kappa shape index (κ3) is 4.15. The number of hydrogen-bond acceptors (Lipinski definition) is 5. The molecule has 7 nitrogen and oxygen atoms in total. The average Bonchev–Trinajstić information content (AvgIpc) is 3.08. The molecule has 3 rings (SSSR count). The molecule has 2 aromatic carbocycles. The number of benzene rings is 2. The molecule has 0 saturated carbocycles. The average molecular weight is 370 g/mol. The summed E-state index contributed by atoms with van der Waals surface area (Å²) in [7, 11) is 3.17. The Hall–Kier alpha value is -3.00. The van der Waals surface area contributed by atoms with Crippen LogP contribution in [0.15, 0.2) is 47.6 Å². The van der Waals surface area contributed by atoms with E-state index < -0.39 is 0 Å². The monoisotopic (exact) mass is 370 g/mol. The van der Waals surface area contributed by atoms with Crippen LogP contribution in [0.25, 0.3) is 11.0 Å². The van der Waals surface area contributed by atoms with Crippen LogP contribution < -0.4 is 15.4 Å². The summed E-state index contributed by atoms with van der Waals surface area (Å²) < 4.78 is 5.18. The predicted octanol–water partition coefficient (Wildman–Crippen LogP) is 2.66. The largest absolute Gasteiger partial charge is 0.497 e. The summed E-state index contributed by atoms with van der Waals surface area (Å²) in [5.41, 5.74) is 2.73. The van der Waals surface area contributed by atoms with Crippen molar-refractivity contribution in [3.8, 4) is 5.75 Å². The number of aromatic amines is 1. The minimum Gasteiger partial charge on any atom is -0.497 e. The molecule has 8 heteroatoms. The molecule has 0 aliphatic carbocycles. The number of hydrogen-bond donors (Lipinski definition) is 3. The van der Waals surface area contributed by atoms with Crippen LogP contribution in [0, 0.1) is 0 Å². The van der Waals surface area contributed by atoms with Gasteiger partial charge in [-0.25, -0.2) is 4.98 Å². The molecule has 0 radical (unpaired) electrons. The molecule has 26 heavy (non-hydrogen) atoms. The van der Waals surface area contributed by atoms with Gasteiger partial charge < -0.3 is 20.4 Å². The number of carbonyl (C=O) groups excluding carboxylic acids is 2. The number of aromatic nitrogens is 2. The van der Waals surface area contributed by atoms with Gasteiger partial charge >= 0.3 is 0 Å². The lowest BCUT2D eigenvalue weighted by Crippen LogP contribution is -2.19. The summed E-state index contributed by atoms with van der Waals surface area (Å²) >= 11 is 1.30. The van der Waals surface area contributed by atoms with Gasteiger partial charge in [-0.15, -0.1) is 0 Å². The number of nitrogens with zero attached hydrogens (tertiary/aromatic N) is 1. The van der Waals surface area contributed by atoms with Crippen molar-refractivity contribution in [2.45, 2.75) is 5.16 Å². The molecule has 3 aromatic rings. The molecule has 0 spiro atoms. The maximum Gasteiger partial charge on any atom is 0.251 e. The highest BCUT2D eigenvalue weighted by atomic mass is 32.2. The molecule has 2 amide bonds. The Balaban J connectivity index is 1.61. The predicted molar refractivity (Wildman–Crippen MR) is 102 cm³/mol. The van der Waals surface area contributed by atoms with Crippen LogP contribution in [0.3, 0.4) is 0 Å². The van der Waals surface area contributed by atoms with Crippen molar-refractivity contribution in [1.82, 2.24) is 15.3 Å². The maximum absolute atomic E-state index is 12.2. The van der Waals surface area contributed by atoms with E-state index in [1.165, 1.54) is 11.8 Å². The smallest absolute Gasteiger partial charge is 0.251 e. The van der Waals surface area contributed by atoms with E-state index in [0.29, 0.717) is 16.4 Å². The number of carbonyl (C=O) groups is 2. The van der Waals surface area contributed by atoms with Crippen LogP contribution in [-0.4, -0.2) is 41.7 Å². The summed E-state index contributed by atoms with van der Waals surface area (Å²) in [6.07, 6.45) is 0. The van der Waals surface area contributed by atoms with Crippen LogP contribution in [-0.2, 0) is 4.79 Å². The minimum atomic E-state index is -0.201. The van der Waals surface area contributed by atoms with Gasteiger partial charge in [0.15, 0.2) is 5.16 Å². The third-order valence-corrected chi connectivity index (χ3v) is 4.52. The lowest BCUT2D eigenvalue weighted by atomic mass is 10.2. The van der Waals surface area contributed by atoms with Crippen molar-refractivity contribution in [2.24, 2.45) is 0 Å². The molecular formula is C18H18N4O3S. The van der Waals surface area contributed by atoms with Crippen molar-refractivity contribution in [2.75, 3.05) is 25.2 Å². The lowest BCUT2D eigenvalue weighted by molar-refractivity contribution is -0.113. The number of anilines is 1. The molecule has 1 heterocycles. The van der Waals surface area contributed by atoms with Crippen LogP contribution in [0.2, 0.25) is 0 Å². The molecule has 0 aliphatic heterocycles. The second-order valence-corrected chi connectivity index (χ2v) is 6.39. The van der Waals surface area contributed by atoms with Gasteiger partial charge in [0, 0.05) is 24.4 Å². The summed E-state index contributed by atoms with van der Waals surface area (Å²) in [6.45, 7) is 0. The SMILES string of the molecule is CNC(=O)c1cccc(NC(=O)CSc2nc3ccc(OC)cc3[nH]2)c1. The Morgan fingerprint density at radius 1 is 1.23 bits per heavy atom. The van der Waals surface area contributed by atoms with Gasteiger partial charge in [0.1, 0.15) is 5.75 Å². The highest BCUT2D eigenvalue weighted by molar-refractivity contribution is 7.99. The Morgan fingerprint density at radius 3 is 2.85 bits per heavy atom. The molecule has 0 fully saturated rings. The number of methoxy groups -OCH3 is 1. The fourth-order valence-electron chi connectivity index (χ4n) is 2.37. The van der Waals surface area contributed by atoms with E-state index in [-0.39, 0.29) is 17.6 Å². The van der Waals surface area contributed by atoms with E-state index in [1.54, 1.807) is 38.4 Å². The summed E-state index contributed by atoms with van der Waals surface area (Å²) in [4.78, 5) is 31.4. The van der Waals surface area contributed by atoms with E-state index in [4.69, 9.17) is 4.74 Å². The number of imidazole rings is 1. The zero-order valence-electron chi connectivity index (χ0n) is 14.3. The number of ether oxygens (including phenoxy) is 1. The van der Waals surface area contributed by atoms with Gasteiger partial charge in [0.05, 0.1) is 23.9 Å². The van der Waals surface area contributed by atoms with Crippen molar-refractivity contribution in [1.29, 1.82) is 0 Å². The van der Waals surface area contributed by atoms with Gasteiger partial charge in [-0.2, -0.15) is 0 Å². The first-order valence-corrected chi connectivity index (χ1v) is 8.86. The number of amides is 2. The zero-order chi connectivity index (χ0) is 18.5. The first-order valence-electron chi connectivity index (χ1n) is 7.87. The second-order valence-electron chi connectivity index (χ2n) is 5.42. The highest BCUT2D eigenvalue weighted by Crippen LogP contribution is 2.23. The van der Waals surface area contributed by atoms with Crippen molar-refractivity contribution >= 4 is 40.3 Å². The van der Waals surface area contributed by atoms with Crippen LogP contribution in [0.4, 0.5) is 5.69 Å². The molecule has 1 aromatic heterocycles. The molecular weight excluding hydrogens is 352 g/mol. The van der Waals surface area contributed by atoms with E-state index in [2.05, 4.69) is 20.6 Å². The van der Waals surface area contributed by atoms with Crippen molar-refractivity contribution in [3.63, 3.8) is 0 Å². The standard InChI is InChI=1S/C18H18N4O3S/c1-19-17(24)11-4-3-5-12(8-11)20-16(23)10-26-18-21-14-7-6-13(25-2)9-15(14)22-18/h3-9H,10H2,1-2H3,(H,19,24)(H,20,23)(H,21,22). The molecule has 0 saturated heterocycles. The highest BCUT2D eigenvalue weighted by Gasteiger charge is 2.09. The number of fused-ring (bicyclic) bond motifs is 1. The maximum atomic E-state index is 12.2. The lowest BCUT2D eigenvalue weighted by Gasteiger charge is -2.06. The number of nitrogens with one attached hydrogen (secondary N) is 3. The van der Waals surface area contributed by atoms with Crippen molar-refractivity contribution in [3.05, 3.63) is 48.0 Å². The zero-order valence-corrected chi connectivity index (χ0v) is 15.1. The fourth-order valence-corrected chi connectivity index (χ4v) is 3.06. The second kappa shape index (κ2) is 7.92. The molecule has 0 aliphatic rings. The quantitative estimate of drug-likeness (QED) is 0.580. The summed E-state index contributed by atoms with van der Waals surface area (Å²) in [6, 6.07) is 12.3. The van der Waals surface area contributed by atoms with Gasteiger partial charge in [-0.1, -0.05) is 17.8 Å². The van der Waals surface area contributed by atoms with E-state index >= 15 is 0 Å².